The lowest BCUT2D eigenvalue weighted by Crippen LogP contribution is -2.37. The first-order chi connectivity index (χ1) is 10.8. The molecule has 6 heteroatoms. The van der Waals surface area contributed by atoms with Gasteiger partial charge in [0.2, 0.25) is 0 Å². The molecule has 1 aliphatic heterocycles. The quantitative estimate of drug-likeness (QED) is 0.730. The fraction of sp³-hybridized carbons (Fsp3) is 0.250. The number of ether oxygens (including phenoxy) is 1. The van der Waals surface area contributed by atoms with Crippen LogP contribution in [0.3, 0.4) is 0 Å². The molecule has 4 rings (SSSR count). The molecule has 22 heavy (non-hydrogen) atoms. The fourth-order valence-corrected chi connectivity index (χ4v) is 2.82. The van der Waals surface area contributed by atoms with Gasteiger partial charge in [-0.1, -0.05) is 12.1 Å². The highest BCUT2D eigenvalue weighted by atomic mass is 16.5. The van der Waals surface area contributed by atoms with Crippen molar-refractivity contribution in [3.63, 3.8) is 0 Å². The standard InChI is InChI=1S/C16H17N5O/c17-13-3-1-2-12(10-13)14-11-19-16-15(18-4-5-21(14)16)20-6-8-22-9-7-20/h1-5,10-11H,6-9,17H2. The van der Waals surface area contributed by atoms with Gasteiger partial charge in [-0.15, -0.1) is 0 Å². The SMILES string of the molecule is Nc1cccc(-c2cnc3c(N4CCOCC4)nccn23)c1. The third kappa shape index (κ3) is 2.17. The molecule has 2 aromatic heterocycles. The zero-order valence-electron chi connectivity index (χ0n) is 12.1. The van der Waals surface area contributed by atoms with Crippen molar-refractivity contribution in [2.45, 2.75) is 0 Å². The predicted octanol–water partition coefficient (Wildman–Crippen LogP) is 1.82. The highest BCUT2D eigenvalue weighted by Crippen LogP contribution is 2.26. The van der Waals surface area contributed by atoms with Crippen molar-refractivity contribution >= 4 is 17.2 Å². The minimum absolute atomic E-state index is 0.728. The first-order valence-electron chi connectivity index (χ1n) is 7.33. The average molecular weight is 295 g/mol. The van der Waals surface area contributed by atoms with E-state index in [-0.39, 0.29) is 0 Å². The molecule has 0 saturated carbocycles. The summed E-state index contributed by atoms with van der Waals surface area (Å²) in [6.45, 7) is 3.14. The second-order valence-electron chi connectivity index (χ2n) is 5.31. The zero-order valence-corrected chi connectivity index (χ0v) is 12.1. The zero-order chi connectivity index (χ0) is 14.9. The van der Waals surface area contributed by atoms with E-state index in [2.05, 4.69) is 19.3 Å². The summed E-state index contributed by atoms with van der Waals surface area (Å²) in [5.74, 6) is 0.904. The molecule has 3 aromatic rings. The van der Waals surface area contributed by atoms with Crippen molar-refractivity contribution in [3.05, 3.63) is 42.9 Å². The van der Waals surface area contributed by atoms with E-state index in [1.807, 2.05) is 42.9 Å². The second-order valence-corrected chi connectivity index (χ2v) is 5.31. The second kappa shape index (κ2) is 5.31. The van der Waals surface area contributed by atoms with Crippen LogP contribution < -0.4 is 10.6 Å². The van der Waals surface area contributed by atoms with Crippen LogP contribution in [-0.4, -0.2) is 40.7 Å². The largest absolute Gasteiger partial charge is 0.399 e. The molecule has 0 unspecified atom stereocenters. The molecule has 0 spiro atoms. The van der Waals surface area contributed by atoms with E-state index in [9.17, 15) is 0 Å². The lowest BCUT2D eigenvalue weighted by Gasteiger charge is -2.27. The van der Waals surface area contributed by atoms with E-state index >= 15 is 0 Å². The summed E-state index contributed by atoms with van der Waals surface area (Å²) in [4.78, 5) is 11.3. The maximum Gasteiger partial charge on any atom is 0.180 e. The molecular weight excluding hydrogens is 278 g/mol. The number of morpholine rings is 1. The topological polar surface area (TPSA) is 68.7 Å². The number of nitrogen functional groups attached to an aromatic ring is 1. The van der Waals surface area contributed by atoms with Gasteiger partial charge in [-0.3, -0.25) is 4.40 Å². The van der Waals surface area contributed by atoms with Gasteiger partial charge in [-0.2, -0.15) is 0 Å². The number of fused-ring (bicyclic) bond motifs is 1. The molecule has 0 amide bonds. The molecule has 1 aromatic carbocycles. The highest BCUT2D eigenvalue weighted by Gasteiger charge is 2.18. The Bertz CT molecular complexity index is 807. The van der Waals surface area contributed by atoms with Crippen LogP contribution in [0.2, 0.25) is 0 Å². The van der Waals surface area contributed by atoms with Crippen LogP contribution in [0.15, 0.2) is 42.9 Å². The maximum atomic E-state index is 5.89. The van der Waals surface area contributed by atoms with E-state index in [4.69, 9.17) is 10.5 Å². The molecule has 0 atom stereocenters. The number of hydrogen-bond acceptors (Lipinski definition) is 5. The summed E-state index contributed by atoms with van der Waals surface area (Å²) in [5, 5.41) is 0. The van der Waals surface area contributed by atoms with Crippen LogP contribution in [0.4, 0.5) is 11.5 Å². The van der Waals surface area contributed by atoms with E-state index in [0.717, 1.165) is 54.7 Å². The molecule has 1 fully saturated rings. The van der Waals surface area contributed by atoms with E-state index in [1.165, 1.54) is 0 Å². The summed E-state index contributed by atoms with van der Waals surface area (Å²) in [6.07, 6.45) is 5.62. The molecule has 3 heterocycles. The highest BCUT2D eigenvalue weighted by molar-refractivity contribution is 5.72. The molecule has 0 radical (unpaired) electrons. The fourth-order valence-electron chi connectivity index (χ4n) is 2.82. The van der Waals surface area contributed by atoms with Crippen molar-refractivity contribution in [1.82, 2.24) is 14.4 Å². The number of rotatable bonds is 2. The molecule has 0 aliphatic carbocycles. The molecule has 2 N–H and O–H groups in total. The molecule has 6 nitrogen and oxygen atoms in total. The van der Waals surface area contributed by atoms with Gasteiger partial charge in [-0.05, 0) is 12.1 Å². The smallest absolute Gasteiger partial charge is 0.180 e. The normalized spacial score (nSPS) is 15.4. The van der Waals surface area contributed by atoms with Crippen LogP contribution in [0, 0.1) is 0 Å². The third-order valence-electron chi connectivity index (χ3n) is 3.90. The number of aromatic nitrogens is 3. The Morgan fingerprint density at radius 2 is 2.00 bits per heavy atom. The van der Waals surface area contributed by atoms with Gasteiger partial charge in [-0.25, -0.2) is 9.97 Å². The van der Waals surface area contributed by atoms with Crippen LogP contribution in [0.25, 0.3) is 16.9 Å². The van der Waals surface area contributed by atoms with Gasteiger partial charge in [0.25, 0.3) is 0 Å². The lowest BCUT2D eigenvalue weighted by atomic mass is 10.1. The summed E-state index contributed by atoms with van der Waals surface area (Å²) in [7, 11) is 0. The Balaban J connectivity index is 1.83. The van der Waals surface area contributed by atoms with Crippen LogP contribution >= 0.6 is 0 Å². The Morgan fingerprint density at radius 3 is 2.82 bits per heavy atom. The van der Waals surface area contributed by atoms with E-state index in [1.54, 1.807) is 0 Å². The molecular formula is C16H17N5O. The van der Waals surface area contributed by atoms with Crippen molar-refractivity contribution < 1.29 is 4.74 Å². The Morgan fingerprint density at radius 1 is 1.14 bits per heavy atom. The van der Waals surface area contributed by atoms with Crippen molar-refractivity contribution in [2.24, 2.45) is 0 Å². The van der Waals surface area contributed by atoms with Gasteiger partial charge in [0.05, 0.1) is 25.1 Å². The van der Waals surface area contributed by atoms with Gasteiger partial charge >= 0.3 is 0 Å². The summed E-state index contributed by atoms with van der Waals surface area (Å²) in [6, 6.07) is 7.83. The summed E-state index contributed by atoms with van der Waals surface area (Å²) < 4.78 is 7.47. The summed E-state index contributed by atoms with van der Waals surface area (Å²) in [5.41, 5.74) is 9.56. The molecule has 1 aliphatic rings. The average Bonchev–Trinajstić information content (AvgIpc) is 3.00. The van der Waals surface area contributed by atoms with Crippen LogP contribution in [-0.2, 0) is 4.74 Å². The number of nitrogens with zero attached hydrogens (tertiary/aromatic N) is 4. The van der Waals surface area contributed by atoms with Crippen molar-refractivity contribution in [2.75, 3.05) is 36.9 Å². The lowest BCUT2D eigenvalue weighted by molar-refractivity contribution is 0.122. The number of anilines is 2. The Hall–Kier alpha value is -2.60. The van der Waals surface area contributed by atoms with Crippen LogP contribution in [0.1, 0.15) is 0 Å². The first kappa shape index (κ1) is 13.1. The molecule has 112 valence electrons. The van der Waals surface area contributed by atoms with Gasteiger partial charge < -0.3 is 15.4 Å². The summed E-state index contributed by atoms with van der Waals surface area (Å²) >= 11 is 0. The Labute approximate surface area is 128 Å². The van der Waals surface area contributed by atoms with E-state index in [0.29, 0.717) is 0 Å². The number of nitrogens with two attached hydrogens (primary N) is 1. The van der Waals surface area contributed by atoms with Gasteiger partial charge in [0.1, 0.15) is 0 Å². The van der Waals surface area contributed by atoms with Crippen molar-refractivity contribution in [3.8, 4) is 11.3 Å². The van der Waals surface area contributed by atoms with Gasteiger partial charge in [0, 0.05) is 36.7 Å². The monoisotopic (exact) mass is 295 g/mol. The number of benzene rings is 1. The number of hydrogen-bond donors (Lipinski definition) is 1. The maximum absolute atomic E-state index is 5.89. The van der Waals surface area contributed by atoms with Gasteiger partial charge in [0.15, 0.2) is 11.5 Å². The molecule has 0 bridgehead atoms. The van der Waals surface area contributed by atoms with E-state index < -0.39 is 0 Å². The molecule has 1 saturated heterocycles. The Kier molecular flexibility index (Phi) is 3.16. The third-order valence-corrected chi connectivity index (χ3v) is 3.90. The predicted molar refractivity (Wildman–Crippen MR) is 85.9 cm³/mol. The first-order valence-corrected chi connectivity index (χ1v) is 7.33. The minimum Gasteiger partial charge on any atom is -0.399 e. The van der Waals surface area contributed by atoms with Crippen LogP contribution in [0.5, 0.6) is 0 Å². The minimum atomic E-state index is 0.728. The van der Waals surface area contributed by atoms with Crippen molar-refractivity contribution in [1.29, 1.82) is 0 Å². The number of imidazole rings is 1.